The van der Waals surface area contributed by atoms with Crippen LogP contribution in [0.25, 0.3) is 10.9 Å². The van der Waals surface area contributed by atoms with E-state index in [-0.39, 0.29) is 22.8 Å². The highest BCUT2D eigenvalue weighted by atomic mass is 16.4. The summed E-state index contributed by atoms with van der Waals surface area (Å²) in [7, 11) is 0. The number of carboxylic acid groups (broad SMARTS) is 1. The number of hydrogen-bond donors (Lipinski definition) is 3. The second kappa shape index (κ2) is 7.73. The molecule has 2 heterocycles. The molecule has 172 valence electrons. The lowest BCUT2D eigenvalue weighted by Crippen LogP contribution is -2.39. The van der Waals surface area contributed by atoms with Gasteiger partial charge in [0.15, 0.2) is 0 Å². The van der Waals surface area contributed by atoms with Gasteiger partial charge < -0.3 is 15.4 Å². The highest BCUT2D eigenvalue weighted by Gasteiger charge is 2.52. The Balaban J connectivity index is 1.44. The van der Waals surface area contributed by atoms with E-state index in [9.17, 15) is 14.7 Å². The van der Waals surface area contributed by atoms with Gasteiger partial charge in [-0.25, -0.2) is 0 Å². The van der Waals surface area contributed by atoms with E-state index in [0.717, 1.165) is 42.3 Å². The van der Waals surface area contributed by atoms with E-state index in [1.807, 2.05) is 42.6 Å². The monoisotopic (exact) mass is 445 g/mol. The lowest BCUT2D eigenvalue weighted by molar-refractivity contribution is -0.144. The number of aromatic amines is 1. The van der Waals surface area contributed by atoms with Crippen LogP contribution in [0.1, 0.15) is 62.0 Å². The summed E-state index contributed by atoms with van der Waals surface area (Å²) in [5, 5.41) is 14.1. The molecule has 2 aliphatic rings. The number of amides is 1. The zero-order chi connectivity index (χ0) is 23.4. The fourth-order valence-electron chi connectivity index (χ4n) is 6.50. The van der Waals surface area contributed by atoms with Crippen LogP contribution in [0.2, 0.25) is 0 Å². The first-order valence-corrected chi connectivity index (χ1v) is 11.6. The predicted octanol–water partition coefficient (Wildman–Crippen LogP) is 5.45. The molecule has 1 aliphatic carbocycles. The molecule has 0 unspecified atom stereocenters. The van der Waals surface area contributed by atoms with Crippen molar-refractivity contribution in [1.29, 1.82) is 0 Å². The largest absolute Gasteiger partial charge is 0.480 e. The van der Waals surface area contributed by atoms with Crippen molar-refractivity contribution < 1.29 is 14.7 Å². The third kappa shape index (κ3) is 4.04. The molecule has 1 saturated heterocycles. The Morgan fingerprint density at radius 2 is 1.88 bits per heavy atom. The van der Waals surface area contributed by atoms with Gasteiger partial charge in [0.2, 0.25) is 0 Å². The second-order valence-electron chi connectivity index (χ2n) is 11.0. The molecule has 6 nitrogen and oxygen atoms in total. The number of nitrogens with one attached hydrogen (secondary N) is 2. The summed E-state index contributed by atoms with van der Waals surface area (Å²) in [6.45, 7) is 7.70. The van der Waals surface area contributed by atoms with Crippen LogP contribution in [0.5, 0.6) is 0 Å². The average Bonchev–Trinajstić information content (AvgIpc) is 3.25. The fraction of sp³-hybridized carbons (Fsp3) is 0.407. The summed E-state index contributed by atoms with van der Waals surface area (Å²) in [6, 6.07) is 14.3. The van der Waals surface area contributed by atoms with E-state index in [0.29, 0.717) is 11.3 Å². The van der Waals surface area contributed by atoms with Gasteiger partial charge in [0.1, 0.15) is 6.04 Å². The van der Waals surface area contributed by atoms with Gasteiger partial charge in [0, 0.05) is 46.5 Å². The number of H-pyrrole nitrogens is 1. The maximum Gasteiger partial charge on any atom is 0.325 e. The molecule has 0 spiro atoms. The van der Waals surface area contributed by atoms with E-state index in [2.05, 4.69) is 36.0 Å². The van der Waals surface area contributed by atoms with Crippen LogP contribution in [-0.2, 0) is 4.79 Å². The van der Waals surface area contributed by atoms with Crippen LogP contribution in [0.15, 0.2) is 54.7 Å². The van der Waals surface area contributed by atoms with E-state index >= 15 is 0 Å². The van der Waals surface area contributed by atoms with E-state index < -0.39 is 12.0 Å². The predicted molar refractivity (Wildman–Crippen MR) is 129 cm³/mol. The molecule has 5 rings (SSSR count). The molecule has 1 amide bonds. The molecule has 3 aromatic rings. The Labute approximate surface area is 194 Å². The van der Waals surface area contributed by atoms with Crippen LogP contribution in [0.4, 0.5) is 5.69 Å². The van der Waals surface area contributed by atoms with Crippen molar-refractivity contribution in [3.05, 3.63) is 65.9 Å². The highest BCUT2D eigenvalue weighted by molar-refractivity contribution is 6.05. The Hall–Kier alpha value is -3.12. The van der Waals surface area contributed by atoms with Crippen LogP contribution >= 0.6 is 0 Å². The summed E-state index contributed by atoms with van der Waals surface area (Å²) >= 11 is 0. The average molecular weight is 446 g/mol. The van der Waals surface area contributed by atoms with Gasteiger partial charge in [-0.05, 0) is 54.4 Å². The zero-order valence-electron chi connectivity index (χ0n) is 19.4. The Morgan fingerprint density at radius 3 is 2.61 bits per heavy atom. The van der Waals surface area contributed by atoms with Crippen LogP contribution in [0.3, 0.4) is 0 Å². The molecule has 1 aromatic heterocycles. The Bertz CT molecular complexity index is 1220. The van der Waals surface area contributed by atoms with Crippen molar-refractivity contribution in [2.75, 3.05) is 11.9 Å². The van der Waals surface area contributed by atoms with E-state index in [1.54, 1.807) is 12.1 Å². The minimum absolute atomic E-state index is 0.154. The van der Waals surface area contributed by atoms with Crippen molar-refractivity contribution >= 4 is 28.5 Å². The standard InChI is InChI=1S/C27H31N3O3/c1-26(2)12-19-13-27(3,15-26)16-30(19)23(25(32)33)21-14-28-22-11-18(9-10-20(21)22)29-24(31)17-7-5-4-6-8-17/h4-11,14,19,23,28H,12-13,15-16H2,1-3H3,(H,29,31)(H,32,33)/t19-,23+,27+/m0/s1. The van der Waals surface area contributed by atoms with Gasteiger partial charge in [0.25, 0.3) is 5.91 Å². The summed E-state index contributed by atoms with van der Waals surface area (Å²) in [6.07, 6.45) is 5.02. The number of aromatic nitrogens is 1. The first-order valence-electron chi connectivity index (χ1n) is 11.6. The number of anilines is 1. The molecular weight excluding hydrogens is 414 g/mol. The summed E-state index contributed by atoms with van der Waals surface area (Å²) < 4.78 is 0. The number of carbonyl (C=O) groups is 2. The molecule has 3 atom stereocenters. The minimum atomic E-state index is -0.814. The number of carbonyl (C=O) groups excluding carboxylic acids is 1. The minimum Gasteiger partial charge on any atom is -0.480 e. The third-order valence-corrected chi connectivity index (χ3v) is 7.32. The van der Waals surface area contributed by atoms with Gasteiger partial charge in [-0.3, -0.25) is 14.5 Å². The number of likely N-dealkylation sites (tertiary alicyclic amines) is 1. The highest BCUT2D eigenvalue weighted by Crippen LogP contribution is 2.54. The molecule has 0 radical (unpaired) electrons. The number of benzene rings is 2. The number of nitrogens with zero attached hydrogens (tertiary/aromatic N) is 1. The molecule has 6 heteroatoms. The van der Waals surface area contributed by atoms with Crippen molar-refractivity contribution in [1.82, 2.24) is 9.88 Å². The van der Waals surface area contributed by atoms with Gasteiger partial charge in [-0.15, -0.1) is 0 Å². The van der Waals surface area contributed by atoms with Crippen molar-refractivity contribution in [2.45, 2.75) is 52.1 Å². The normalized spacial score (nSPS) is 25.1. The molecule has 33 heavy (non-hydrogen) atoms. The number of rotatable bonds is 5. The SMILES string of the molecule is CC1(C)C[C@H]2C[C@@](C)(CN2[C@@H](C(=O)O)c2c[nH]c3cc(NC(=O)c4ccccc4)ccc23)C1. The zero-order valence-corrected chi connectivity index (χ0v) is 19.4. The number of carboxylic acids is 1. The fourth-order valence-corrected chi connectivity index (χ4v) is 6.50. The quantitative estimate of drug-likeness (QED) is 0.488. The number of aliphatic carboxylic acids is 1. The maximum absolute atomic E-state index is 12.5. The van der Waals surface area contributed by atoms with Gasteiger partial charge in [0.05, 0.1) is 0 Å². The second-order valence-corrected chi connectivity index (χ2v) is 11.0. The molecule has 2 fully saturated rings. The van der Waals surface area contributed by atoms with Crippen LogP contribution in [0, 0.1) is 10.8 Å². The molecule has 1 saturated carbocycles. The first kappa shape index (κ1) is 21.7. The van der Waals surface area contributed by atoms with Gasteiger partial charge >= 0.3 is 5.97 Å². The topological polar surface area (TPSA) is 85.4 Å². The molecule has 2 bridgehead atoms. The van der Waals surface area contributed by atoms with Gasteiger partial charge in [-0.1, -0.05) is 45.0 Å². The summed E-state index contributed by atoms with van der Waals surface area (Å²) in [5.74, 6) is -0.989. The van der Waals surface area contributed by atoms with E-state index in [1.165, 1.54) is 0 Å². The summed E-state index contributed by atoms with van der Waals surface area (Å²) in [4.78, 5) is 30.5. The molecule has 1 aliphatic heterocycles. The number of fused-ring (bicyclic) bond motifs is 3. The Kier molecular flexibility index (Phi) is 5.09. The third-order valence-electron chi connectivity index (χ3n) is 7.32. The maximum atomic E-state index is 12.5. The van der Waals surface area contributed by atoms with Crippen LogP contribution in [-0.4, -0.2) is 39.5 Å². The van der Waals surface area contributed by atoms with E-state index in [4.69, 9.17) is 0 Å². The molecular formula is C27H31N3O3. The van der Waals surface area contributed by atoms with Crippen molar-refractivity contribution in [2.24, 2.45) is 10.8 Å². The number of hydrogen-bond acceptors (Lipinski definition) is 3. The lowest BCUT2D eigenvalue weighted by Gasteiger charge is -2.40. The van der Waals surface area contributed by atoms with Gasteiger partial charge in [-0.2, -0.15) is 0 Å². The lowest BCUT2D eigenvalue weighted by atomic mass is 9.65. The summed E-state index contributed by atoms with van der Waals surface area (Å²) in [5.41, 5.74) is 3.24. The van der Waals surface area contributed by atoms with Crippen molar-refractivity contribution in [3.8, 4) is 0 Å². The van der Waals surface area contributed by atoms with Crippen molar-refractivity contribution in [3.63, 3.8) is 0 Å². The first-order chi connectivity index (χ1) is 15.6. The molecule has 2 aromatic carbocycles. The Morgan fingerprint density at radius 1 is 1.12 bits per heavy atom. The molecule has 3 N–H and O–H groups in total. The van der Waals surface area contributed by atoms with Crippen LogP contribution < -0.4 is 5.32 Å². The smallest absolute Gasteiger partial charge is 0.325 e.